The number of hydrogen-bond acceptors (Lipinski definition) is 4. The number of pyridine rings is 1. The van der Waals surface area contributed by atoms with Crippen LogP contribution in [0.25, 0.3) is 22.8 Å². The Balaban J connectivity index is 1.95. The highest BCUT2D eigenvalue weighted by molar-refractivity contribution is 5.59. The van der Waals surface area contributed by atoms with Crippen molar-refractivity contribution in [2.45, 2.75) is 6.92 Å². The molecular weight excluding hydrogens is 242 g/mol. The van der Waals surface area contributed by atoms with E-state index >= 15 is 0 Å². The van der Waals surface area contributed by atoms with Crippen LogP contribution in [-0.4, -0.2) is 10.1 Å². The van der Waals surface area contributed by atoms with E-state index in [-0.39, 0.29) is 0 Å². The molecule has 3 aromatic rings. The first-order chi connectivity index (χ1) is 9.22. The van der Waals surface area contributed by atoms with Gasteiger partial charge < -0.3 is 9.73 Å². The summed E-state index contributed by atoms with van der Waals surface area (Å²) < 4.78 is 5.91. The van der Waals surface area contributed by atoms with Gasteiger partial charge in [0.1, 0.15) is 0 Å². The molecule has 0 unspecified atom stereocenters. The van der Waals surface area contributed by atoms with Crippen molar-refractivity contribution in [2.24, 2.45) is 0 Å². The van der Waals surface area contributed by atoms with Gasteiger partial charge in [0.2, 0.25) is 5.82 Å². The average Bonchev–Trinajstić information content (AvgIpc) is 2.90. The average molecular weight is 253 g/mol. The quantitative estimate of drug-likeness (QED) is 0.519. The molecule has 0 fully saturated rings. The van der Waals surface area contributed by atoms with E-state index < -0.39 is 0 Å². The molecule has 0 bridgehead atoms. The lowest BCUT2D eigenvalue weighted by atomic mass is 10.1. The predicted molar refractivity (Wildman–Crippen MR) is 68.9 cm³/mol. The van der Waals surface area contributed by atoms with Gasteiger partial charge in [0.05, 0.1) is 5.56 Å². The molecule has 0 aliphatic carbocycles. The Labute approximate surface area is 109 Å². The van der Waals surface area contributed by atoms with Gasteiger partial charge >= 0.3 is 0 Å². The Morgan fingerprint density at radius 1 is 1.00 bits per heavy atom. The number of aryl methyl sites for hydroxylation is 1. The van der Waals surface area contributed by atoms with Gasteiger partial charge in [-0.05, 0) is 6.92 Å². The van der Waals surface area contributed by atoms with Gasteiger partial charge in [0.25, 0.3) is 5.89 Å². The summed E-state index contributed by atoms with van der Waals surface area (Å²) in [5.74, 6) is 0.935. The molecule has 0 amide bonds. The summed E-state index contributed by atoms with van der Waals surface area (Å²) in [5.41, 5.74) is 2.80. The molecule has 2 aromatic heterocycles. The van der Waals surface area contributed by atoms with Crippen LogP contribution in [0.4, 0.5) is 0 Å². The maximum Gasteiger partial charge on any atom is 0.258 e. The highest BCUT2D eigenvalue weighted by Gasteiger charge is 2.10. The van der Waals surface area contributed by atoms with Crippen LogP contribution in [0.5, 0.6) is 0 Å². The summed E-state index contributed by atoms with van der Waals surface area (Å²) >= 11 is 0. The first-order valence-corrected chi connectivity index (χ1v) is 5.82. The lowest BCUT2D eigenvalue weighted by molar-refractivity contribution is -0.605. The van der Waals surface area contributed by atoms with E-state index in [1.807, 2.05) is 31.2 Å². The van der Waals surface area contributed by atoms with E-state index in [2.05, 4.69) is 10.1 Å². The predicted octanol–water partition coefficient (Wildman–Crippen LogP) is 2.35. The van der Waals surface area contributed by atoms with Crippen LogP contribution in [0.15, 0.2) is 53.3 Å². The summed E-state index contributed by atoms with van der Waals surface area (Å²) in [7, 11) is 0. The number of nitrogens with zero attached hydrogens (tertiary/aromatic N) is 3. The molecule has 0 aliphatic rings. The largest absolute Gasteiger partial charge is 0.619 e. The zero-order valence-electron chi connectivity index (χ0n) is 10.3. The normalized spacial score (nSPS) is 10.6. The Morgan fingerprint density at radius 2 is 1.68 bits per heavy atom. The van der Waals surface area contributed by atoms with Gasteiger partial charge in [-0.3, -0.25) is 0 Å². The van der Waals surface area contributed by atoms with Crippen molar-refractivity contribution < 1.29 is 9.25 Å². The second-order valence-corrected chi connectivity index (χ2v) is 4.24. The van der Waals surface area contributed by atoms with Crippen molar-refractivity contribution in [2.75, 3.05) is 0 Å². The fourth-order valence-electron chi connectivity index (χ4n) is 1.72. The first kappa shape index (κ1) is 11.4. The SMILES string of the molecule is Cc1ccc(-c2noc(-c3cc[n+]([O-])cc3)n2)cc1. The van der Waals surface area contributed by atoms with Crippen LogP contribution in [0.3, 0.4) is 0 Å². The van der Waals surface area contributed by atoms with Crippen LogP contribution in [0, 0.1) is 12.1 Å². The Morgan fingerprint density at radius 3 is 2.37 bits per heavy atom. The topological polar surface area (TPSA) is 65.9 Å². The fraction of sp³-hybridized carbons (Fsp3) is 0.0714. The van der Waals surface area contributed by atoms with E-state index in [1.165, 1.54) is 18.0 Å². The number of benzene rings is 1. The fourth-order valence-corrected chi connectivity index (χ4v) is 1.72. The maximum absolute atomic E-state index is 11.0. The second-order valence-electron chi connectivity index (χ2n) is 4.24. The number of rotatable bonds is 2. The lowest BCUT2D eigenvalue weighted by Crippen LogP contribution is -2.23. The third-order valence-corrected chi connectivity index (χ3v) is 2.78. The number of aromatic nitrogens is 3. The molecule has 5 heteroatoms. The minimum absolute atomic E-state index is 0.399. The van der Waals surface area contributed by atoms with E-state index in [1.54, 1.807) is 12.1 Å². The molecule has 5 nitrogen and oxygen atoms in total. The molecule has 94 valence electrons. The molecule has 0 atom stereocenters. The van der Waals surface area contributed by atoms with E-state index in [9.17, 15) is 5.21 Å². The third kappa shape index (κ3) is 2.30. The molecule has 2 heterocycles. The minimum atomic E-state index is 0.399. The van der Waals surface area contributed by atoms with Gasteiger partial charge in [-0.1, -0.05) is 35.0 Å². The molecule has 0 radical (unpaired) electrons. The zero-order chi connectivity index (χ0) is 13.2. The monoisotopic (exact) mass is 253 g/mol. The van der Waals surface area contributed by atoms with Gasteiger partial charge in [-0.15, -0.1) is 0 Å². The summed E-state index contributed by atoms with van der Waals surface area (Å²) in [5, 5.41) is 14.9. The first-order valence-electron chi connectivity index (χ1n) is 5.82. The molecule has 0 saturated heterocycles. The Hall–Kier alpha value is -2.69. The molecule has 1 aromatic carbocycles. The van der Waals surface area contributed by atoms with Crippen molar-refractivity contribution >= 4 is 0 Å². The van der Waals surface area contributed by atoms with Crippen molar-refractivity contribution in [3.63, 3.8) is 0 Å². The molecule has 0 aliphatic heterocycles. The van der Waals surface area contributed by atoms with E-state index in [0.717, 1.165) is 11.1 Å². The van der Waals surface area contributed by atoms with Crippen LogP contribution in [0.1, 0.15) is 5.56 Å². The van der Waals surface area contributed by atoms with Gasteiger partial charge in [0, 0.05) is 17.7 Å². The molecule has 19 heavy (non-hydrogen) atoms. The standard InChI is InChI=1S/C14H11N3O2/c1-10-2-4-11(5-3-10)13-15-14(19-16-13)12-6-8-17(18)9-7-12/h2-9H,1H3. The molecule has 0 spiro atoms. The highest BCUT2D eigenvalue weighted by Crippen LogP contribution is 2.21. The minimum Gasteiger partial charge on any atom is -0.619 e. The summed E-state index contributed by atoms with van der Waals surface area (Å²) in [6.45, 7) is 2.02. The summed E-state index contributed by atoms with van der Waals surface area (Å²) in [6, 6.07) is 11.2. The second kappa shape index (κ2) is 4.53. The van der Waals surface area contributed by atoms with E-state index in [0.29, 0.717) is 16.4 Å². The van der Waals surface area contributed by atoms with E-state index in [4.69, 9.17) is 4.52 Å². The molecule has 0 saturated carbocycles. The third-order valence-electron chi connectivity index (χ3n) is 2.78. The van der Waals surface area contributed by atoms with Gasteiger partial charge in [-0.25, -0.2) is 0 Å². The Bertz CT molecular complexity index is 627. The molecule has 0 N–H and O–H groups in total. The smallest absolute Gasteiger partial charge is 0.258 e. The molecular formula is C14H11N3O2. The zero-order valence-corrected chi connectivity index (χ0v) is 10.3. The van der Waals surface area contributed by atoms with Crippen LogP contribution >= 0.6 is 0 Å². The van der Waals surface area contributed by atoms with Crippen molar-refractivity contribution in [3.05, 3.63) is 59.6 Å². The van der Waals surface area contributed by atoms with Crippen LogP contribution in [0.2, 0.25) is 0 Å². The molecule has 3 rings (SSSR count). The number of hydrogen-bond donors (Lipinski definition) is 0. The Kier molecular flexibility index (Phi) is 2.72. The van der Waals surface area contributed by atoms with Crippen molar-refractivity contribution in [1.29, 1.82) is 0 Å². The van der Waals surface area contributed by atoms with Gasteiger partial charge in [-0.2, -0.15) is 9.71 Å². The van der Waals surface area contributed by atoms with Crippen molar-refractivity contribution in [3.8, 4) is 22.8 Å². The van der Waals surface area contributed by atoms with Crippen molar-refractivity contribution in [1.82, 2.24) is 10.1 Å². The van der Waals surface area contributed by atoms with Crippen LogP contribution < -0.4 is 4.73 Å². The lowest BCUT2D eigenvalue weighted by Gasteiger charge is -1.95. The summed E-state index contributed by atoms with van der Waals surface area (Å²) in [6.07, 6.45) is 2.79. The highest BCUT2D eigenvalue weighted by atomic mass is 16.5. The van der Waals surface area contributed by atoms with Crippen LogP contribution in [-0.2, 0) is 0 Å². The summed E-state index contributed by atoms with van der Waals surface area (Å²) in [4.78, 5) is 4.32. The maximum atomic E-state index is 11.0. The van der Waals surface area contributed by atoms with Gasteiger partial charge in [0.15, 0.2) is 12.4 Å².